The Hall–Kier alpha value is -0.610. The average molecular weight is 270 g/mol. The predicted molar refractivity (Wildman–Crippen MR) is 75.4 cm³/mol. The van der Waals surface area contributed by atoms with Crippen LogP contribution in [0.5, 0.6) is 0 Å². The lowest BCUT2D eigenvalue weighted by Gasteiger charge is -2.10. The van der Waals surface area contributed by atoms with E-state index in [0.717, 1.165) is 22.0 Å². The molecule has 1 rings (SSSR count). The number of rotatable bonds is 6. The summed E-state index contributed by atoms with van der Waals surface area (Å²) < 4.78 is 0. The molecule has 0 amide bonds. The predicted octanol–water partition coefficient (Wildman–Crippen LogP) is 4.24. The lowest BCUT2D eigenvalue weighted by atomic mass is 10.2. The molecule has 17 heavy (non-hydrogen) atoms. The second kappa shape index (κ2) is 6.97. The fraction of sp³-hybridized carbons (Fsp3) is 0.462. The molecule has 0 bridgehead atoms. The Morgan fingerprint density at radius 1 is 1.35 bits per heavy atom. The molecule has 2 nitrogen and oxygen atoms in total. The van der Waals surface area contributed by atoms with E-state index >= 15 is 0 Å². The summed E-state index contributed by atoms with van der Waals surface area (Å²) in [4.78, 5) is 13.0. The Morgan fingerprint density at radius 3 is 2.53 bits per heavy atom. The minimum atomic E-state index is -0.831. The van der Waals surface area contributed by atoms with E-state index in [1.807, 2.05) is 24.5 Å². The van der Waals surface area contributed by atoms with Crippen LogP contribution in [0, 0.1) is 5.92 Å². The number of hydrogen-bond donors (Lipinski definition) is 1. The van der Waals surface area contributed by atoms with Gasteiger partial charge in [0.2, 0.25) is 0 Å². The SMILES string of the molecule is CSc1cccc(SCCC(C)C)c1C(=O)O. The first-order chi connectivity index (χ1) is 8.06. The molecule has 1 N–H and O–H groups in total. The second-order valence-corrected chi connectivity index (χ2v) is 6.15. The molecule has 1 aromatic carbocycles. The van der Waals surface area contributed by atoms with Crippen molar-refractivity contribution in [3.8, 4) is 0 Å². The summed E-state index contributed by atoms with van der Waals surface area (Å²) in [6.07, 6.45) is 3.01. The van der Waals surface area contributed by atoms with Crippen molar-refractivity contribution in [1.29, 1.82) is 0 Å². The summed E-state index contributed by atoms with van der Waals surface area (Å²) in [5.41, 5.74) is 0.453. The number of carbonyl (C=O) groups is 1. The van der Waals surface area contributed by atoms with Gasteiger partial charge in [0.25, 0.3) is 0 Å². The number of benzene rings is 1. The quantitative estimate of drug-likeness (QED) is 0.784. The van der Waals surface area contributed by atoms with Crippen molar-refractivity contribution in [3.05, 3.63) is 23.8 Å². The van der Waals surface area contributed by atoms with Crippen LogP contribution in [0.15, 0.2) is 28.0 Å². The Morgan fingerprint density at radius 2 is 2.00 bits per heavy atom. The molecule has 0 aliphatic heterocycles. The van der Waals surface area contributed by atoms with Crippen LogP contribution in [0.25, 0.3) is 0 Å². The van der Waals surface area contributed by atoms with Gasteiger partial charge in [0.15, 0.2) is 0 Å². The fourth-order valence-electron chi connectivity index (χ4n) is 1.42. The molecule has 0 radical (unpaired) electrons. The van der Waals surface area contributed by atoms with Crippen LogP contribution in [0.1, 0.15) is 30.6 Å². The molecule has 0 unspecified atom stereocenters. The largest absolute Gasteiger partial charge is 0.478 e. The van der Waals surface area contributed by atoms with Crippen molar-refractivity contribution in [2.75, 3.05) is 12.0 Å². The zero-order chi connectivity index (χ0) is 12.8. The number of carboxylic acid groups (broad SMARTS) is 1. The summed E-state index contributed by atoms with van der Waals surface area (Å²) in [7, 11) is 0. The number of aromatic carboxylic acids is 1. The first kappa shape index (κ1) is 14.5. The highest BCUT2D eigenvalue weighted by molar-refractivity contribution is 8.00. The third-order valence-electron chi connectivity index (χ3n) is 2.37. The summed E-state index contributed by atoms with van der Waals surface area (Å²) in [5.74, 6) is 0.789. The van der Waals surface area contributed by atoms with E-state index in [1.165, 1.54) is 11.8 Å². The van der Waals surface area contributed by atoms with Crippen molar-refractivity contribution in [3.63, 3.8) is 0 Å². The van der Waals surface area contributed by atoms with Gasteiger partial charge in [0.1, 0.15) is 0 Å². The van der Waals surface area contributed by atoms with Gasteiger partial charge in [-0.2, -0.15) is 0 Å². The maximum absolute atomic E-state index is 11.3. The van der Waals surface area contributed by atoms with Crippen molar-refractivity contribution in [1.82, 2.24) is 0 Å². The summed E-state index contributed by atoms with van der Waals surface area (Å²) in [5, 5.41) is 9.26. The van der Waals surface area contributed by atoms with Crippen molar-refractivity contribution >= 4 is 29.5 Å². The van der Waals surface area contributed by atoms with E-state index in [-0.39, 0.29) is 0 Å². The van der Waals surface area contributed by atoms with E-state index in [2.05, 4.69) is 13.8 Å². The maximum atomic E-state index is 11.3. The monoisotopic (exact) mass is 270 g/mol. The molecule has 0 aliphatic rings. The first-order valence-electron chi connectivity index (χ1n) is 5.59. The Bertz CT molecular complexity index is 389. The Balaban J connectivity index is 2.87. The van der Waals surface area contributed by atoms with Gasteiger partial charge < -0.3 is 5.11 Å². The molecule has 0 aliphatic carbocycles. The van der Waals surface area contributed by atoms with Gasteiger partial charge >= 0.3 is 5.97 Å². The molecule has 1 aromatic rings. The van der Waals surface area contributed by atoms with E-state index in [1.54, 1.807) is 11.8 Å². The zero-order valence-corrected chi connectivity index (χ0v) is 12.0. The number of thioether (sulfide) groups is 2. The molecule has 94 valence electrons. The normalized spacial score (nSPS) is 10.8. The molecular weight excluding hydrogens is 252 g/mol. The minimum Gasteiger partial charge on any atom is -0.478 e. The summed E-state index contributed by atoms with van der Waals surface area (Å²) in [6.45, 7) is 4.36. The lowest BCUT2D eigenvalue weighted by Crippen LogP contribution is -2.02. The fourth-order valence-corrected chi connectivity index (χ4v) is 3.42. The first-order valence-corrected chi connectivity index (χ1v) is 7.80. The molecule has 4 heteroatoms. The highest BCUT2D eigenvalue weighted by Crippen LogP contribution is 2.31. The van der Waals surface area contributed by atoms with Crippen LogP contribution >= 0.6 is 23.5 Å². The third-order valence-corrected chi connectivity index (χ3v) is 4.25. The third kappa shape index (κ3) is 4.28. The molecule has 0 atom stereocenters. The standard InChI is InChI=1S/C13H18O2S2/c1-9(2)7-8-17-11-6-4-5-10(16-3)12(11)13(14)15/h4-6,9H,7-8H2,1-3H3,(H,14,15). The molecule has 0 saturated heterocycles. The highest BCUT2D eigenvalue weighted by Gasteiger charge is 2.15. The molecular formula is C13H18O2S2. The average Bonchev–Trinajstić information content (AvgIpc) is 2.27. The molecule has 0 saturated carbocycles. The van der Waals surface area contributed by atoms with Crippen molar-refractivity contribution < 1.29 is 9.90 Å². The number of hydrogen-bond acceptors (Lipinski definition) is 3. The van der Waals surface area contributed by atoms with Gasteiger partial charge in [-0.15, -0.1) is 23.5 Å². The number of carboxylic acids is 1. The second-order valence-electron chi connectivity index (χ2n) is 4.17. The highest BCUT2D eigenvalue weighted by atomic mass is 32.2. The van der Waals surface area contributed by atoms with Gasteiger partial charge in [-0.25, -0.2) is 4.79 Å². The van der Waals surface area contributed by atoms with Crippen LogP contribution in [0.2, 0.25) is 0 Å². The van der Waals surface area contributed by atoms with Gasteiger partial charge in [-0.05, 0) is 36.5 Å². The van der Waals surface area contributed by atoms with Crippen LogP contribution in [-0.2, 0) is 0 Å². The minimum absolute atomic E-state index is 0.453. The van der Waals surface area contributed by atoms with Crippen LogP contribution < -0.4 is 0 Å². The molecule has 0 fully saturated rings. The van der Waals surface area contributed by atoms with Crippen LogP contribution in [-0.4, -0.2) is 23.1 Å². The molecule has 0 heterocycles. The van der Waals surface area contributed by atoms with Gasteiger partial charge in [0.05, 0.1) is 5.56 Å². The zero-order valence-electron chi connectivity index (χ0n) is 10.4. The van der Waals surface area contributed by atoms with Crippen LogP contribution in [0.4, 0.5) is 0 Å². The smallest absolute Gasteiger partial charge is 0.337 e. The van der Waals surface area contributed by atoms with E-state index in [9.17, 15) is 9.90 Å². The summed E-state index contributed by atoms with van der Waals surface area (Å²) >= 11 is 3.12. The maximum Gasteiger partial charge on any atom is 0.337 e. The summed E-state index contributed by atoms with van der Waals surface area (Å²) in [6, 6.07) is 5.69. The molecule has 0 aromatic heterocycles. The van der Waals surface area contributed by atoms with Gasteiger partial charge in [-0.3, -0.25) is 0 Å². The molecule has 0 spiro atoms. The topological polar surface area (TPSA) is 37.3 Å². The van der Waals surface area contributed by atoms with Gasteiger partial charge in [0, 0.05) is 9.79 Å². The van der Waals surface area contributed by atoms with E-state index in [0.29, 0.717) is 11.5 Å². The van der Waals surface area contributed by atoms with Crippen molar-refractivity contribution in [2.24, 2.45) is 5.92 Å². The Labute approximate surface area is 111 Å². The lowest BCUT2D eigenvalue weighted by molar-refractivity contribution is 0.0689. The van der Waals surface area contributed by atoms with Crippen LogP contribution in [0.3, 0.4) is 0 Å². The van der Waals surface area contributed by atoms with Gasteiger partial charge in [-0.1, -0.05) is 19.9 Å². The van der Waals surface area contributed by atoms with E-state index in [4.69, 9.17) is 0 Å². The Kier molecular flexibility index (Phi) is 5.92. The van der Waals surface area contributed by atoms with E-state index < -0.39 is 5.97 Å². The van der Waals surface area contributed by atoms with Crippen molar-refractivity contribution in [2.45, 2.75) is 30.1 Å².